The van der Waals surface area contributed by atoms with E-state index in [0.29, 0.717) is 30.1 Å². The average molecular weight is 430 g/mol. The Morgan fingerprint density at radius 2 is 1.78 bits per heavy atom. The summed E-state index contributed by atoms with van der Waals surface area (Å²) < 4.78 is 5.31. The summed E-state index contributed by atoms with van der Waals surface area (Å²) in [5.74, 6) is 0.340. The molecule has 4 rings (SSSR count). The Kier molecular flexibility index (Phi) is 6.40. The van der Waals surface area contributed by atoms with Gasteiger partial charge in [-0.3, -0.25) is 9.69 Å². The normalized spacial score (nSPS) is 13.8. The highest BCUT2D eigenvalue weighted by Gasteiger charge is 2.27. The zero-order valence-electron chi connectivity index (χ0n) is 18.4. The lowest BCUT2D eigenvalue weighted by atomic mass is 10.1. The Morgan fingerprint density at radius 1 is 1.00 bits per heavy atom. The number of carbonyl (C=O) groups is 2. The number of urea groups is 1. The monoisotopic (exact) mass is 429 g/mol. The van der Waals surface area contributed by atoms with Gasteiger partial charge in [-0.2, -0.15) is 0 Å². The topological polar surface area (TPSA) is 61.9 Å². The third-order valence-corrected chi connectivity index (χ3v) is 5.71. The van der Waals surface area contributed by atoms with Crippen molar-refractivity contribution in [2.24, 2.45) is 0 Å². The molecule has 3 aromatic rings. The fourth-order valence-electron chi connectivity index (χ4n) is 3.92. The van der Waals surface area contributed by atoms with Crippen molar-refractivity contribution in [3.05, 3.63) is 89.5 Å². The Labute approximate surface area is 188 Å². The summed E-state index contributed by atoms with van der Waals surface area (Å²) in [5.41, 5.74) is 4.12. The Bertz CT molecular complexity index is 1130. The van der Waals surface area contributed by atoms with Gasteiger partial charge in [-0.1, -0.05) is 42.5 Å². The molecule has 1 N–H and O–H groups in total. The first-order valence-corrected chi connectivity index (χ1v) is 10.7. The molecule has 6 heteroatoms. The van der Waals surface area contributed by atoms with E-state index in [9.17, 15) is 9.59 Å². The van der Waals surface area contributed by atoms with Crippen LogP contribution in [0.2, 0.25) is 0 Å². The fraction of sp³-hybridized carbons (Fsp3) is 0.231. The molecule has 0 unspecified atom stereocenters. The minimum absolute atomic E-state index is 0.0400. The lowest BCUT2D eigenvalue weighted by Crippen LogP contribution is -2.49. The fourth-order valence-corrected chi connectivity index (χ4v) is 3.92. The second-order valence-corrected chi connectivity index (χ2v) is 7.84. The van der Waals surface area contributed by atoms with Crippen LogP contribution in [-0.4, -0.2) is 37.0 Å². The van der Waals surface area contributed by atoms with E-state index in [2.05, 4.69) is 24.4 Å². The number of ether oxygens (including phenoxy) is 1. The van der Waals surface area contributed by atoms with E-state index in [-0.39, 0.29) is 11.9 Å². The maximum Gasteiger partial charge on any atom is 0.324 e. The average Bonchev–Trinajstić information content (AvgIpc) is 2.82. The van der Waals surface area contributed by atoms with Crippen molar-refractivity contribution in [2.45, 2.75) is 19.9 Å². The summed E-state index contributed by atoms with van der Waals surface area (Å²) in [6, 6.07) is 22.5. The first kappa shape index (κ1) is 21.4. The third-order valence-electron chi connectivity index (χ3n) is 5.71. The zero-order chi connectivity index (χ0) is 22.5. The number of methoxy groups -OCH3 is 1. The van der Waals surface area contributed by atoms with Gasteiger partial charge in [0.15, 0.2) is 0 Å². The van der Waals surface area contributed by atoms with Crippen LogP contribution in [0.3, 0.4) is 0 Å². The van der Waals surface area contributed by atoms with Crippen LogP contribution in [-0.2, 0) is 6.54 Å². The lowest BCUT2D eigenvalue weighted by molar-refractivity contribution is 0.102. The number of nitrogens with zero attached hydrogens (tertiary/aromatic N) is 2. The van der Waals surface area contributed by atoms with Gasteiger partial charge in [0, 0.05) is 30.9 Å². The van der Waals surface area contributed by atoms with Gasteiger partial charge >= 0.3 is 6.03 Å². The first-order valence-electron chi connectivity index (χ1n) is 10.7. The molecule has 0 spiro atoms. The summed E-state index contributed by atoms with van der Waals surface area (Å²) in [6.45, 7) is 3.99. The molecule has 1 heterocycles. The van der Waals surface area contributed by atoms with Gasteiger partial charge in [-0.25, -0.2) is 4.79 Å². The predicted octanol–water partition coefficient (Wildman–Crippen LogP) is 5.09. The molecule has 0 atom stereocenters. The lowest BCUT2D eigenvalue weighted by Gasteiger charge is -2.36. The molecule has 6 nitrogen and oxygen atoms in total. The highest BCUT2D eigenvalue weighted by atomic mass is 16.5. The third kappa shape index (κ3) is 4.59. The molecule has 0 saturated carbocycles. The van der Waals surface area contributed by atoms with Crippen LogP contribution >= 0.6 is 0 Å². The molecule has 164 valence electrons. The van der Waals surface area contributed by atoms with Gasteiger partial charge in [0.25, 0.3) is 5.91 Å². The molecule has 1 saturated heterocycles. The molecule has 3 aromatic carbocycles. The van der Waals surface area contributed by atoms with E-state index in [0.717, 1.165) is 24.2 Å². The molecule has 0 aromatic heterocycles. The minimum Gasteiger partial charge on any atom is -0.495 e. The Morgan fingerprint density at radius 3 is 2.59 bits per heavy atom. The van der Waals surface area contributed by atoms with Gasteiger partial charge in [-0.15, -0.1) is 0 Å². The molecular weight excluding hydrogens is 402 g/mol. The van der Waals surface area contributed by atoms with Gasteiger partial charge in [0.1, 0.15) is 5.75 Å². The molecule has 1 fully saturated rings. The van der Waals surface area contributed by atoms with E-state index in [4.69, 9.17) is 4.74 Å². The molecule has 1 aliphatic heterocycles. The Hall–Kier alpha value is -3.80. The van der Waals surface area contributed by atoms with Crippen molar-refractivity contribution in [3.63, 3.8) is 0 Å². The number of carbonyl (C=O) groups excluding carboxylic acids is 2. The summed E-state index contributed by atoms with van der Waals surface area (Å²) in [4.78, 5) is 29.7. The van der Waals surface area contributed by atoms with E-state index < -0.39 is 0 Å². The van der Waals surface area contributed by atoms with Gasteiger partial charge in [0.05, 0.1) is 12.8 Å². The van der Waals surface area contributed by atoms with Crippen LogP contribution in [0.5, 0.6) is 5.75 Å². The zero-order valence-corrected chi connectivity index (χ0v) is 18.4. The van der Waals surface area contributed by atoms with Crippen LogP contribution in [0.15, 0.2) is 72.8 Å². The van der Waals surface area contributed by atoms with Crippen molar-refractivity contribution in [3.8, 4) is 5.75 Å². The number of amides is 3. The van der Waals surface area contributed by atoms with E-state index in [1.807, 2.05) is 35.2 Å². The predicted molar refractivity (Wildman–Crippen MR) is 126 cm³/mol. The van der Waals surface area contributed by atoms with Gasteiger partial charge in [0.2, 0.25) is 0 Å². The van der Waals surface area contributed by atoms with Gasteiger partial charge in [-0.05, 0) is 54.8 Å². The van der Waals surface area contributed by atoms with Crippen LogP contribution < -0.4 is 15.0 Å². The van der Waals surface area contributed by atoms with E-state index in [1.165, 1.54) is 5.56 Å². The van der Waals surface area contributed by atoms with Crippen LogP contribution in [0, 0.1) is 6.92 Å². The second kappa shape index (κ2) is 9.56. The molecule has 1 aliphatic rings. The van der Waals surface area contributed by atoms with Crippen molar-refractivity contribution in [1.29, 1.82) is 0 Å². The standard InChI is InChI=1S/C26H27N3O3/c1-19-9-3-4-10-21(19)18-28-15-8-16-29(26(28)31)22-12-7-11-20(17-22)25(30)27-23-13-5-6-14-24(23)32-2/h3-7,9-14,17H,8,15-16,18H2,1-2H3,(H,27,30). The number of aryl methyl sites for hydroxylation is 1. The number of nitrogens with one attached hydrogen (secondary N) is 1. The molecule has 0 bridgehead atoms. The van der Waals surface area contributed by atoms with Crippen molar-refractivity contribution in [1.82, 2.24) is 4.90 Å². The molecule has 0 radical (unpaired) electrons. The number of rotatable bonds is 6. The van der Waals surface area contributed by atoms with Crippen molar-refractivity contribution < 1.29 is 14.3 Å². The van der Waals surface area contributed by atoms with Crippen molar-refractivity contribution in [2.75, 3.05) is 30.4 Å². The number of hydrogen-bond acceptors (Lipinski definition) is 3. The van der Waals surface area contributed by atoms with Crippen LogP contribution in [0.25, 0.3) is 0 Å². The SMILES string of the molecule is COc1ccccc1NC(=O)c1cccc(N2CCCN(Cc3ccccc3C)C2=O)c1. The van der Waals surface area contributed by atoms with Gasteiger partial charge < -0.3 is 15.0 Å². The number of para-hydroxylation sites is 2. The molecular formula is C26H27N3O3. The summed E-state index contributed by atoms with van der Waals surface area (Å²) in [6.07, 6.45) is 0.870. The number of anilines is 2. The van der Waals surface area contributed by atoms with E-state index in [1.54, 1.807) is 42.3 Å². The first-order chi connectivity index (χ1) is 15.6. The Balaban J connectivity index is 1.51. The molecule has 3 amide bonds. The minimum atomic E-state index is -0.252. The molecule has 32 heavy (non-hydrogen) atoms. The van der Waals surface area contributed by atoms with Crippen LogP contribution in [0.4, 0.5) is 16.2 Å². The molecule has 0 aliphatic carbocycles. The quantitative estimate of drug-likeness (QED) is 0.594. The maximum absolute atomic E-state index is 13.2. The number of benzene rings is 3. The highest BCUT2D eigenvalue weighted by molar-refractivity contribution is 6.06. The second-order valence-electron chi connectivity index (χ2n) is 7.84. The maximum atomic E-state index is 13.2. The van der Waals surface area contributed by atoms with Crippen molar-refractivity contribution >= 4 is 23.3 Å². The smallest absolute Gasteiger partial charge is 0.324 e. The van der Waals surface area contributed by atoms with E-state index >= 15 is 0 Å². The summed E-state index contributed by atoms with van der Waals surface area (Å²) in [7, 11) is 1.57. The summed E-state index contributed by atoms with van der Waals surface area (Å²) in [5, 5.41) is 2.89. The summed E-state index contributed by atoms with van der Waals surface area (Å²) >= 11 is 0. The number of hydrogen-bond donors (Lipinski definition) is 1. The largest absolute Gasteiger partial charge is 0.495 e. The highest BCUT2D eigenvalue weighted by Crippen LogP contribution is 2.26. The van der Waals surface area contributed by atoms with Crippen LogP contribution in [0.1, 0.15) is 27.9 Å².